The van der Waals surface area contributed by atoms with Crippen molar-refractivity contribution < 1.29 is 0 Å². The first-order valence-corrected chi connectivity index (χ1v) is 6.93. The Morgan fingerprint density at radius 3 is 2.78 bits per heavy atom. The van der Waals surface area contributed by atoms with Crippen LogP contribution in [0.5, 0.6) is 0 Å². The van der Waals surface area contributed by atoms with Crippen LogP contribution in [0.3, 0.4) is 0 Å². The Hall–Kier alpha value is -1.22. The molecule has 0 fully saturated rings. The Morgan fingerprint density at radius 1 is 1.28 bits per heavy atom. The van der Waals surface area contributed by atoms with E-state index in [-0.39, 0.29) is 0 Å². The van der Waals surface area contributed by atoms with Gasteiger partial charge in [-0.15, -0.1) is 0 Å². The van der Waals surface area contributed by atoms with E-state index in [1.807, 2.05) is 19.1 Å². The zero-order chi connectivity index (χ0) is 13.1. The van der Waals surface area contributed by atoms with E-state index in [0.29, 0.717) is 5.95 Å². The van der Waals surface area contributed by atoms with Crippen molar-refractivity contribution in [3.8, 4) is 0 Å². The van der Waals surface area contributed by atoms with Crippen LogP contribution in [0.1, 0.15) is 38.2 Å². The fraction of sp³-hybridized carbons (Fsp3) is 0.500. The highest BCUT2D eigenvalue weighted by Gasteiger charge is 2.11. The number of rotatable bonds is 5. The van der Waals surface area contributed by atoms with Crippen LogP contribution in [-0.4, -0.2) is 9.55 Å². The molecule has 0 atom stereocenters. The Bertz CT molecular complexity index is 545. The minimum absolute atomic E-state index is 0.590. The number of halogens is 1. The number of anilines is 1. The lowest BCUT2D eigenvalue weighted by molar-refractivity contribution is 0.595. The lowest BCUT2D eigenvalue weighted by Crippen LogP contribution is -2.04. The van der Waals surface area contributed by atoms with Gasteiger partial charge in [0.1, 0.15) is 0 Å². The Morgan fingerprint density at radius 2 is 2.06 bits per heavy atom. The summed E-state index contributed by atoms with van der Waals surface area (Å²) >= 11 is 6.17. The third-order valence-electron chi connectivity index (χ3n) is 3.36. The van der Waals surface area contributed by atoms with Crippen LogP contribution >= 0.6 is 11.6 Å². The number of imidazole rings is 1. The highest BCUT2D eigenvalue weighted by Crippen LogP contribution is 2.27. The van der Waals surface area contributed by atoms with Crippen LogP contribution in [0.2, 0.25) is 5.02 Å². The highest BCUT2D eigenvalue weighted by atomic mass is 35.5. The van der Waals surface area contributed by atoms with E-state index in [9.17, 15) is 0 Å². The Labute approximate surface area is 113 Å². The molecule has 0 bridgehead atoms. The van der Waals surface area contributed by atoms with Crippen molar-refractivity contribution in [2.45, 2.75) is 46.1 Å². The molecule has 1 heterocycles. The minimum Gasteiger partial charge on any atom is -0.369 e. The second kappa shape index (κ2) is 5.61. The Kier molecular flexibility index (Phi) is 4.12. The summed E-state index contributed by atoms with van der Waals surface area (Å²) in [5.41, 5.74) is 9.07. The molecule has 0 amide bonds. The van der Waals surface area contributed by atoms with E-state index in [1.165, 1.54) is 19.3 Å². The quantitative estimate of drug-likeness (QED) is 0.825. The molecule has 0 spiro atoms. The molecule has 3 nitrogen and oxygen atoms in total. The summed E-state index contributed by atoms with van der Waals surface area (Å²) in [6.07, 6.45) is 4.88. The molecule has 0 aliphatic rings. The smallest absolute Gasteiger partial charge is 0.201 e. The summed E-state index contributed by atoms with van der Waals surface area (Å²) < 4.78 is 2.09. The fourth-order valence-corrected chi connectivity index (χ4v) is 2.47. The molecule has 4 heteroatoms. The molecule has 0 aliphatic heterocycles. The SMILES string of the molecule is CCCCCCn1c(N)nc2ccc(Cl)c(C)c21. The number of unbranched alkanes of at least 4 members (excludes halogenated alkanes) is 3. The maximum Gasteiger partial charge on any atom is 0.201 e. The summed E-state index contributed by atoms with van der Waals surface area (Å²) in [4.78, 5) is 4.40. The lowest BCUT2D eigenvalue weighted by atomic mass is 10.2. The lowest BCUT2D eigenvalue weighted by Gasteiger charge is -2.08. The number of aromatic nitrogens is 2. The van der Waals surface area contributed by atoms with Gasteiger partial charge < -0.3 is 10.3 Å². The van der Waals surface area contributed by atoms with Gasteiger partial charge in [-0.2, -0.15) is 0 Å². The number of nitrogen functional groups attached to an aromatic ring is 1. The predicted octanol–water partition coefficient (Wildman–Crippen LogP) is 4.16. The monoisotopic (exact) mass is 265 g/mol. The first-order valence-electron chi connectivity index (χ1n) is 6.56. The molecule has 2 rings (SSSR count). The molecule has 1 aromatic heterocycles. The van der Waals surface area contributed by atoms with Gasteiger partial charge in [-0.05, 0) is 31.0 Å². The van der Waals surface area contributed by atoms with Crippen LogP contribution in [-0.2, 0) is 6.54 Å². The van der Waals surface area contributed by atoms with Gasteiger partial charge in [0.15, 0.2) is 0 Å². The maximum atomic E-state index is 6.17. The summed E-state index contributed by atoms with van der Waals surface area (Å²) in [7, 11) is 0. The second-order valence-corrected chi connectivity index (χ2v) is 5.13. The van der Waals surface area contributed by atoms with E-state index in [4.69, 9.17) is 17.3 Å². The number of hydrogen-bond acceptors (Lipinski definition) is 2. The third kappa shape index (κ3) is 2.46. The number of hydrogen-bond donors (Lipinski definition) is 1. The van der Waals surface area contributed by atoms with Crippen LogP contribution < -0.4 is 5.73 Å². The summed E-state index contributed by atoms with van der Waals surface area (Å²) in [6.45, 7) is 5.16. The molecule has 98 valence electrons. The van der Waals surface area contributed by atoms with Crippen LogP contribution in [0.4, 0.5) is 5.95 Å². The van der Waals surface area contributed by atoms with Gasteiger partial charge >= 0.3 is 0 Å². The number of benzene rings is 1. The van der Waals surface area contributed by atoms with Crippen molar-refractivity contribution in [1.29, 1.82) is 0 Å². The number of fused-ring (bicyclic) bond motifs is 1. The van der Waals surface area contributed by atoms with Crippen molar-refractivity contribution in [3.05, 3.63) is 22.7 Å². The van der Waals surface area contributed by atoms with Crippen molar-refractivity contribution in [2.24, 2.45) is 0 Å². The summed E-state index contributed by atoms with van der Waals surface area (Å²) in [6, 6.07) is 3.82. The molecule has 2 aromatic rings. The minimum atomic E-state index is 0.590. The van der Waals surface area contributed by atoms with Gasteiger partial charge in [0, 0.05) is 11.6 Å². The van der Waals surface area contributed by atoms with Crippen molar-refractivity contribution >= 4 is 28.6 Å². The maximum absolute atomic E-state index is 6.17. The molecule has 18 heavy (non-hydrogen) atoms. The number of aryl methyl sites for hydroxylation is 2. The third-order valence-corrected chi connectivity index (χ3v) is 3.77. The summed E-state index contributed by atoms with van der Waals surface area (Å²) in [5.74, 6) is 0.590. The molecule has 2 N–H and O–H groups in total. The van der Waals surface area contributed by atoms with Gasteiger partial charge in [0.25, 0.3) is 0 Å². The Balaban J connectivity index is 2.31. The number of nitrogens with zero attached hydrogens (tertiary/aromatic N) is 2. The van der Waals surface area contributed by atoms with Gasteiger partial charge in [-0.3, -0.25) is 0 Å². The standard InChI is InChI=1S/C14H20ClN3/c1-3-4-5-6-9-18-13-10(2)11(15)7-8-12(13)17-14(18)16/h7-8H,3-6,9H2,1-2H3,(H2,16,17). The van der Waals surface area contributed by atoms with E-state index < -0.39 is 0 Å². The van der Waals surface area contributed by atoms with Crippen molar-refractivity contribution in [3.63, 3.8) is 0 Å². The van der Waals surface area contributed by atoms with Gasteiger partial charge in [0.2, 0.25) is 5.95 Å². The van der Waals surface area contributed by atoms with Gasteiger partial charge in [-0.25, -0.2) is 4.98 Å². The molecule has 0 saturated heterocycles. The van der Waals surface area contributed by atoms with Crippen LogP contribution in [0, 0.1) is 6.92 Å². The van der Waals surface area contributed by atoms with E-state index >= 15 is 0 Å². The largest absolute Gasteiger partial charge is 0.369 e. The molecular weight excluding hydrogens is 246 g/mol. The molecule has 1 aromatic carbocycles. The van der Waals surface area contributed by atoms with Crippen molar-refractivity contribution in [2.75, 3.05) is 5.73 Å². The zero-order valence-corrected chi connectivity index (χ0v) is 11.8. The zero-order valence-electron chi connectivity index (χ0n) is 11.0. The molecule has 0 aliphatic carbocycles. The second-order valence-electron chi connectivity index (χ2n) is 4.72. The van der Waals surface area contributed by atoms with E-state index in [0.717, 1.165) is 34.6 Å². The topological polar surface area (TPSA) is 43.8 Å². The first-order chi connectivity index (χ1) is 8.65. The predicted molar refractivity (Wildman–Crippen MR) is 78.0 cm³/mol. The highest BCUT2D eigenvalue weighted by molar-refractivity contribution is 6.32. The average molecular weight is 266 g/mol. The van der Waals surface area contributed by atoms with Crippen LogP contribution in [0.15, 0.2) is 12.1 Å². The molecule has 0 radical (unpaired) electrons. The van der Waals surface area contributed by atoms with Gasteiger partial charge in [-0.1, -0.05) is 37.8 Å². The van der Waals surface area contributed by atoms with E-state index in [1.54, 1.807) is 0 Å². The normalized spacial score (nSPS) is 11.3. The van der Waals surface area contributed by atoms with Crippen molar-refractivity contribution in [1.82, 2.24) is 9.55 Å². The van der Waals surface area contributed by atoms with E-state index in [2.05, 4.69) is 16.5 Å². The first kappa shape index (κ1) is 13.2. The fourth-order valence-electron chi connectivity index (χ4n) is 2.31. The average Bonchev–Trinajstić information content (AvgIpc) is 2.67. The molecule has 0 unspecified atom stereocenters. The molecular formula is C14H20ClN3. The van der Waals surface area contributed by atoms with Crippen LogP contribution in [0.25, 0.3) is 11.0 Å². The van der Waals surface area contributed by atoms with Gasteiger partial charge in [0.05, 0.1) is 11.0 Å². The number of nitrogens with two attached hydrogens (primary N) is 1. The summed E-state index contributed by atoms with van der Waals surface area (Å²) in [5, 5.41) is 0.775. The molecule has 0 saturated carbocycles.